The Kier molecular flexibility index (Phi) is 5.25. The first kappa shape index (κ1) is 18.7. The van der Waals surface area contributed by atoms with Crippen LogP contribution in [0.5, 0.6) is 0 Å². The highest BCUT2D eigenvalue weighted by Crippen LogP contribution is 2.34. The minimum absolute atomic E-state index is 0.299. The van der Waals surface area contributed by atoms with Gasteiger partial charge in [0.15, 0.2) is 0 Å². The van der Waals surface area contributed by atoms with Crippen LogP contribution in [0.25, 0.3) is 11.3 Å². The summed E-state index contributed by atoms with van der Waals surface area (Å²) >= 11 is 0. The molecular weight excluding hydrogens is 348 g/mol. The fraction of sp³-hybridized carbons (Fsp3) is 0.400. The van der Waals surface area contributed by atoms with Crippen LogP contribution in [0.4, 0.5) is 0 Å². The van der Waals surface area contributed by atoms with E-state index in [-0.39, 0.29) is 4.75 Å². The standard InChI is InChI=1S/C20H24N2O3S/c1-5-25-19(23)17-11-15-12-22(26(24)20(2,3)4)13-16(15)18(21-17)14-9-7-6-8-10-14/h6-11H,5,12-13H2,1-4H3/t26-/m1/s1. The maximum atomic E-state index is 12.8. The van der Waals surface area contributed by atoms with Gasteiger partial charge in [-0.25, -0.2) is 18.3 Å². The largest absolute Gasteiger partial charge is 0.461 e. The van der Waals surface area contributed by atoms with Gasteiger partial charge in [-0.05, 0) is 44.9 Å². The van der Waals surface area contributed by atoms with Crippen LogP contribution in [0.3, 0.4) is 0 Å². The van der Waals surface area contributed by atoms with Crippen molar-refractivity contribution >= 4 is 17.0 Å². The molecule has 2 aromatic rings. The third-order valence-corrected chi connectivity index (χ3v) is 5.96. The van der Waals surface area contributed by atoms with Crippen molar-refractivity contribution in [3.63, 3.8) is 0 Å². The third-order valence-electron chi connectivity index (χ3n) is 4.19. The number of benzene rings is 1. The lowest BCUT2D eigenvalue weighted by molar-refractivity contribution is 0.0519. The molecule has 6 heteroatoms. The highest BCUT2D eigenvalue weighted by Gasteiger charge is 2.33. The van der Waals surface area contributed by atoms with Crippen LogP contribution in [-0.4, -0.2) is 30.8 Å². The molecule has 1 aliphatic rings. The van der Waals surface area contributed by atoms with E-state index < -0.39 is 17.0 Å². The molecule has 5 nitrogen and oxygen atoms in total. The Morgan fingerprint density at radius 2 is 1.92 bits per heavy atom. The van der Waals surface area contributed by atoms with Gasteiger partial charge in [0.1, 0.15) is 16.7 Å². The zero-order valence-electron chi connectivity index (χ0n) is 15.6. The quantitative estimate of drug-likeness (QED) is 0.768. The summed E-state index contributed by atoms with van der Waals surface area (Å²) in [5.41, 5.74) is 4.02. The summed E-state index contributed by atoms with van der Waals surface area (Å²) in [5.74, 6) is -0.428. The molecule has 3 rings (SSSR count). The van der Waals surface area contributed by atoms with Crippen molar-refractivity contribution in [2.45, 2.75) is 45.5 Å². The van der Waals surface area contributed by atoms with E-state index in [1.54, 1.807) is 13.0 Å². The number of carbonyl (C=O) groups is 1. The van der Waals surface area contributed by atoms with Crippen molar-refractivity contribution in [1.29, 1.82) is 0 Å². The molecule has 26 heavy (non-hydrogen) atoms. The number of hydrogen-bond acceptors (Lipinski definition) is 4. The summed E-state index contributed by atoms with van der Waals surface area (Å²) in [6.07, 6.45) is 0. The zero-order valence-corrected chi connectivity index (χ0v) is 16.4. The molecule has 0 aliphatic carbocycles. The Hall–Kier alpha value is -2.05. The topological polar surface area (TPSA) is 59.5 Å². The number of hydrogen-bond donors (Lipinski definition) is 0. The molecule has 1 aromatic heterocycles. The van der Waals surface area contributed by atoms with Crippen molar-refractivity contribution in [3.05, 3.63) is 53.2 Å². The van der Waals surface area contributed by atoms with Crippen LogP contribution in [-0.2, 0) is 28.8 Å². The second-order valence-corrected chi connectivity index (χ2v) is 9.48. The van der Waals surface area contributed by atoms with Gasteiger partial charge in [-0.1, -0.05) is 30.3 Å². The molecule has 0 saturated heterocycles. The van der Waals surface area contributed by atoms with Crippen LogP contribution >= 0.6 is 0 Å². The van der Waals surface area contributed by atoms with Gasteiger partial charge in [-0.15, -0.1) is 0 Å². The SMILES string of the molecule is CCOC(=O)c1cc2c(c(-c3ccccc3)n1)CN([S@](=O)C(C)(C)C)C2. The predicted octanol–water partition coefficient (Wildman–Crippen LogP) is 3.70. The van der Waals surface area contributed by atoms with Gasteiger partial charge in [0.2, 0.25) is 0 Å². The highest BCUT2D eigenvalue weighted by atomic mass is 32.2. The number of nitrogens with zero attached hydrogens (tertiary/aromatic N) is 2. The van der Waals surface area contributed by atoms with E-state index in [0.29, 0.717) is 25.4 Å². The smallest absolute Gasteiger partial charge is 0.356 e. The van der Waals surface area contributed by atoms with Gasteiger partial charge in [0, 0.05) is 18.7 Å². The molecule has 1 aromatic carbocycles. The van der Waals surface area contributed by atoms with E-state index in [2.05, 4.69) is 4.98 Å². The first-order chi connectivity index (χ1) is 12.3. The molecule has 1 atom stereocenters. The van der Waals surface area contributed by atoms with Gasteiger partial charge in [-0.3, -0.25) is 0 Å². The predicted molar refractivity (Wildman–Crippen MR) is 103 cm³/mol. The number of esters is 1. The number of carbonyl (C=O) groups excluding carboxylic acids is 1. The summed E-state index contributed by atoms with van der Waals surface area (Å²) < 4.78 is 19.6. The molecule has 0 radical (unpaired) electrons. The van der Waals surface area contributed by atoms with Crippen molar-refractivity contribution in [3.8, 4) is 11.3 Å². The maximum absolute atomic E-state index is 12.8. The molecule has 0 saturated carbocycles. The average molecular weight is 372 g/mol. The molecule has 2 heterocycles. The van der Waals surface area contributed by atoms with Gasteiger partial charge in [0.25, 0.3) is 0 Å². The fourth-order valence-electron chi connectivity index (χ4n) is 3.01. The Morgan fingerprint density at radius 1 is 1.23 bits per heavy atom. The minimum atomic E-state index is -1.13. The normalized spacial score (nSPS) is 15.5. The number of pyridine rings is 1. The molecule has 0 N–H and O–H groups in total. The molecule has 0 unspecified atom stereocenters. The van der Waals surface area contributed by atoms with Crippen LogP contribution in [0, 0.1) is 0 Å². The van der Waals surface area contributed by atoms with Crippen LogP contribution < -0.4 is 0 Å². The lowest BCUT2D eigenvalue weighted by Crippen LogP contribution is -2.34. The molecule has 1 aliphatic heterocycles. The fourth-order valence-corrected chi connectivity index (χ4v) is 4.29. The minimum Gasteiger partial charge on any atom is -0.461 e. The number of rotatable bonds is 4. The summed E-state index contributed by atoms with van der Waals surface area (Å²) in [5, 5.41) is 0. The Morgan fingerprint density at radius 3 is 2.54 bits per heavy atom. The molecular formula is C20H24N2O3S. The Balaban J connectivity index is 2.06. The Labute approximate surface area is 157 Å². The van der Waals surface area contributed by atoms with E-state index in [1.807, 2.05) is 55.4 Å². The first-order valence-corrected chi connectivity index (χ1v) is 9.84. The van der Waals surface area contributed by atoms with E-state index in [0.717, 1.165) is 22.4 Å². The molecule has 0 amide bonds. The van der Waals surface area contributed by atoms with Gasteiger partial charge >= 0.3 is 5.97 Å². The van der Waals surface area contributed by atoms with Gasteiger partial charge in [-0.2, -0.15) is 0 Å². The van der Waals surface area contributed by atoms with Crippen molar-refractivity contribution in [2.75, 3.05) is 6.61 Å². The third kappa shape index (κ3) is 3.71. The summed E-state index contributed by atoms with van der Waals surface area (Å²) in [6, 6.07) is 11.6. The molecule has 138 valence electrons. The van der Waals surface area contributed by atoms with Crippen molar-refractivity contribution in [2.24, 2.45) is 0 Å². The van der Waals surface area contributed by atoms with Gasteiger partial charge in [0.05, 0.1) is 17.0 Å². The monoisotopic (exact) mass is 372 g/mol. The first-order valence-electron chi connectivity index (χ1n) is 8.73. The summed E-state index contributed by atoms with van der Waals surface area (Å²) in [4.78, 5) is 16.8. The highest BCUT2D eigenvalue weighted by molar-refractivity contribution is 7.84. The lowest BCUT2D eigenvalue weighted by atomic mass is 10.0. The van der Waals surface area contributed by atoms with Crippen LogP contribution in [0.2, 0.25) is 0 Å². The second-order valence-electron chi connectivity index (χ2n) is 7.24. The Bertz CT molecular complexity index is 844. The van der Waals surface area contributed by atoms with E-state index in [9.17, 15) is 9.00 Å². The average Bonchev–Trinajstić information content (AvgIpc) is 3.04. The van der Waals surface area contributed by atoms with Gasteiger partial charge < -0.3 is 4.74 Å². The zero-order chi connectivity index (χ0) is 18.9. The summed E-state index contributed by atoms with van der Waals surface area (Å²) in [6.45, 7) is 9.06. The van der Waals surface area contributed by atoms with Crippen molar-refractivity contribution in [1.82, 2.24) is 9.29 Å². The van der Waals surface area contributed by atoms with Crippen LogP contribution in [0.15, 0.2) is 36.4 Å². The maximum Gasteiger partial charge on any atom is 0.356 e. The molecule has 0 spiro atoms. The molecule has 0 bridgehead atoms. The number of fused-ring (bicyclic) bond motifs is 1. The lowest BCUT2D eigenvalue weighted by Gasteiger charge is -2.24. The summed E-state index contributed by atoms with van der Waals surface area (Å²) in [7, 11) is -1.13. The van der Waals surface area contributed by atoms with Crippen molar-refractivity contribution < 1.29 is 13.7 Å². The van der Waals surface area contributed by atoms with E-state index in [4.69, 9.17) is 4.74 Å². The van der Waals surface area contributed by atoms with Crippen LogP contribution in [0.1, 0.15) is 49.3 Å². The van der Waals surface area contributed by atoms with E-state index >= 15 is 0 Å². The van der Waals surface area contributed by atoms with E-state index in [1.165, 1.54) is 0 Å². The second kappa shape index (κ2) is 7.29. The number of ether oxygens (including phenoxy) is 1. The molecule has 0 fully saturated rings. The number of aromatic nitrogens is 1.